The van der Waals surface area contributed by atoms with Crippen LogP contribution in [0.2, 0.25) is 0 Å². The smallest absolute Gasteiger partial charge is 0.356 e. The molecule has 1 aliphatic heterocycles. The van der Waals surface area contributed by atoms with E-state index in [-0.39, 0.29) is 23.7 Å². The molecule has 1 amide bonds. The molecule has 0 saturated heterocycles. The molecule has 1 atom stereocenters. The Hall–Kier alpha value is -3.99. The number of hydrogen-bond acceptors (Lipinski definition) is 7. The van der Waals surface area contributed by atoms with Gasteiger partial charge in [0, 0.05) is 6.54 Å². The van der Waals surface area contributed by atoms with Gasteiger partial charge < -0.3 is 24.3 Å². The number of rotatable bonds is 7. The average Bonchev–Trinajstić information content (AvgIpc) is 2.81. The minimum absolute atomic E-state index is 0.0252. The maximum absolute atomic E-state index is 12.6. The number of nitrogens with zero attached hydrogens (tertiary/aromatic N) is 1. The van der Waals surface area contributed by atoms with Crippen molar-refractivity contribution in [2.75, 3.05) is 20.3 Å². The summed E-state index contributed by atoms with van der Waals surface area (Å²) in [6.07, 6.45) is 1.28. The van der Waals surface area contributed by atoms with E-state index in [0.29, 0.717) is 23.6 Å². The molecule has 0 aliphatic carbocycles. The number of methoxy groups -OCH3 is 1. The minimum Gasteiger partial charge on any atom is -0.493 e. The number of benzene rings is 2. The van der Waals surface area contributed by atoms with Crippen LogP contribution in [0.5, 0.6) is 23.0 Å². The number of esters is 1. The van der Waals surface area contributed by atoms with Crippen LogP contribution in [0.25, 0.3) is 6.08 Å². The van der Waals surface area contributed by atoms with Gasteiger partial charge in [-0.2, -0.15) is 5.26 Å². The highest BCUT2D eigenvalue weighted by Crippen LogP contribution is 2.33. The second-order valence-electron chi connectivity index (χ2n) is 6.62. The van der Waals surface area contributed by atoms with Crippen molar-refractivity contribution < 1.29 is 28.5 Å². The van der Waals surface area contributed by atoms with Gasteiger partial charge in [-0.15, -0.1) is 0 Å². The van der Waals surface area contributed by atoms with Gasteiger partial charge in [0.25, 0.3) is 5.91 Å². The topological polar surface area (TPSA) is 107 Å². The summed E-state index contributed by atoms with van der Waals surface area (Å²) in [6.45, 7) is 2.43. The number of hydrogen-bond donors (Lipinski definition) is 1. The summed E-state index contributed by atoms with van der Waals surface area (Å²) in [5.41, 5.74) is 0.512. The summed E-state index contributed by atoms with van der Waals surface area (Å²) in [6, 6.07) is 13.7. The van der Waals surface area contributed by atoms with Crippen LogP contribution in [-0.4, -0.2) is 38.2 Å². The highest BCUT2D eigenvalue weighted by molar-refractivity contribution is 6.01. The lowest BCUT2D eigenvalue weighted by Crippen LogP contribution is -2.39. The Kier molecular flexibility index (Phi) is 7.12. The second-order valence-corrected chi connectivity index (χ2v) is 6.62. The van der Waals surface area contributed by atoms with Crippen molar-refractivity contribution in [1.82, 2.24) is 5.32 Å². The Labute approximate surface area is 180 Å². The standard InChI is InChI=1S/C23H22N2O6/c1-3-10-25-22(26)16(13-24)11-15-8-9-19(20(12-15)28-2)31-23(27)21-14-29-17-6-4-5-7-18(17)30-21/h4-9,11-12,21H,3,10,14H2,1-2H3,(H,25,26)/b16-11+. The molecule has 2 aromatic rings. The summed E-state index contributed by atoms with van der Waals surface area (Å²) < 4.78 is 22.0. The van der Waals surface area contributed by atoms with Gasteiger partial charge in [-0.05, 0) is 42.3 Å². The highest BCUT2D eigenvalue weighted by Gasteiger charge is 2.29. The second kappa shape index (κ2) is 10.2. The maximum atomic E-state index is 12.6. The number of amides is 1. The zero-order valence-electron chi connectivity index (χ0n) is 17.2. The number of carbonyl (C=O) groups is 2. The molecule has 0 bridgehead atoms. The summed E-state index contributed by atoms with van der Waals surface area (Å²) in [7, 11) is 1.43. The molecule has 1 aliphatic rings. The van der Waals surface area contributed by atoms with Gasteiger partial charge in [0.2, 0.25) is 6.10 Å². The summed E-state index contributed by atoms with van der Waals surface area (Å²) in [5, 5.41) is 11.9. The molecule has 8 heteroatoms. The summed E-state index contributed by atoms with van der Waals surface area (Å²) >= 11 is 0. The molecule has 8 nitrogen and oxygen atoms in total. The molecule has 0 radical (unpaired) electrons. The largest absolute Gasteiger partial charge is 0.493 e. The van der Waals surface area contributed by atoms with E-state index in [1.165, 1.54) is 19.3 Å². The first-order valence-corrected chi connectivity index (χ1v) is 9.74. The van der Waals surface area contributed by atoms with Crippen molar-refractivity contribution in [1.29, 1.82) is 5.26 Å². The number of carbonyl (C=O) groups excluding carboxylic acids is 2. The van der Waals surface area contributed by atoms with Crippen molar-refractivity contribution in [3.8, 4) is 29.1 Å². The van der Waals surface area contributed by atoms with Crippen LogP contribution < -0.4 is 24.3 Å². The van der Waals surface area contributed by atoms with E-state index < -0.39 is 18.0 Å². The van der Waals surface area contributed by atoms with E-state index in [0.717, 1.165) is 6.42 Å². The molecule has 1 heterocycles. The molecule has 1 N–H and O–H groups in total. The number of fused-ring (bicyclic) bond motifs is 1. The summed E-state index contributed by atoms with van der Waals surface area (Å²) in [4.78, 5) is 24.6. The van der Waals surface area contributed by atoms with Crippen molar-refractivity contribution in [2.45, 2.75) is 19.4 Å². The predicted molar refractivity (Wildman–Crippen MR) is 112 cm³/mol. The predicted octanol–water partition coefficient (Wildman–Crippen LogP) is 2.87. The van der Waals surface area contributed by atoms with Crippen LogP contribution in [0.4, 0.5) is 0 Å². The van der Waals surface area contributed by atoms with E-state index in [4.69, 9.17) is 18.9 Å². The zero-order chi connectivity index (χ0) is 22.2. The fraction of sp³-hybridized carbons (Fsp3) is 0.261. The van der Waals surface area contributed by atoms with Crippen molar-refractivity contribution >= 4 is 18.0 Å². The molecule has 0 fully saturated rings. The van der Waals surface area contributed by atoms with Crippen LogP contribution in [-0.2, 0) is 9.59 Å². The van der Waals surface area contributed by atoms with Gasteiger partial charge in [0.15, 0.2) is 23.0 Å². The van der Waals surface area contributed by atoms with Crippen LogP contribution in [0.1, 0.15) is 18.9 Å². The third kappa shape index (κ3) is 5.34. The van der Waals surface area contributed by atoms with E-state index >= 15 is 0 Å². The Morgan fingerprint density at radius 2 is 2.00 bits per heavy atom. The van der Waals surface area contributed by atoms with E-state index in [1.807, 2.05) is 19.1 Å². The maximum Gasteiger partial charge on any atom is 0.356 e. The molecule has 2 aromatic carbocycles. The quantitative estimate of drug-likeness (QED) is 0.316. The van der Waals surface area contributed by atoms with Crippen molar-refractivity contribution in [3.05, 3.63) is 53.6 Å². The minimum atomic E-state index is -0.924. The lowest BCUT2D eigenvalue weighted by atomic mass is 10.1. The van der Waals surface area contributed by atoms with E-state index in [2.05, 4.69) is 5.32 Å². The number of nitriles is 1. The summed E-state index contributed by atoms with van der Waals surface area (Å²) in [5.74, 6) is 0.401. The molecule has 31 heavy (non-hydrogen) atoms. The SMILES string of the molecule is CCCNC(=O)/C(C#N)=C/c1ccc(OC(=O)C2COc3ccccc3O2)c(OC)c1. The van der Waals surface area contributed by atoms with Crippen LogP contribution >= 0.6 is 0 Å². The number of ether oxygens (including phenoxy) is 4. The third-order valence-electron chi connectivity index (χ3n) is 4.38. The molecule has 0 spiro atoms. The first-order valence-electron chi connectivity index (χ1n) is 9.74. The fourth-order valence-electron chi connectivity index (χ4n) is 2.82. The number of nitrogens with one attached hydrogen (secondary N) is 1. The molecule has 1 unspecified atom stereocenters. The Morgan fingerprint density at radius 1 is 1.23 bits per heavy atom. The normalized spacial score (nSPS) is 14.9. The van der Waals surface area contributed by atoms with Crippen LogP contribution in [0.3, 0.4) is 0 Å². The van der Waals surface area contributed by atoms with Crippen LogP contribution in [0.15, 0.2) is 48.0 Å². The monoisotopic (exact) mass is 422 g/mol. The first-order chi connectivity index (χ1) is 15.0. The van der Waals surface area contributed by atoms with Gasteiger partial charge in [0.1, 0.15) is 18.2 Å². The van der Waals surface area contributed by atoms with Gasteiger partial charge >= 0.3 is 5.97 Å². The lowest BCUT2D eigenvalue weighted by molar-refractivity contribution is -0.144. The van der Waals surface area contributed by atoms with E-state index in [9.17, 15) is 14.9 Å². The molecule has 160 valence electrons. The van der Waals surface area contributed by atoms with Gasteiger partial charge in [0.05, 0.1) is 7.11 Å². The lowest BCUT2D eigenvalue weighted by Gasteiger charge is -2.25. The first kappa shape index (κ1) is 21.7. The average molecular weight is 422 g/mol. The molecular formula is C23H22N2O6. The zero-order valence-corrected chi connectivity index (χ0v) is 17.2. The van der Waals surface area contributed by atoms with Crippen molar-refractivity contribution in [3.63, 3.8) is 0 Å². The molecule has 0 saturated carbocycles. The Bertz CT molecular complexity index is 1040. The molecular weight excluding hydrogens is 400 g/mol. The van der Waals surface area contributed by atoms with Gasteiger partial charge in [-0.3, -0.25) is 4.79 Å². The Morgan fingerprint density at radius 3 is 2.71 bits per heavy atom. The third-order valence-corrected chi connectivity index (χ3v) is 4.38. The molecule has 0 aromatic heterocycles. The Balaban J connectivity index is 1.73. The van der Waals surface area contributed by atoms with Gasteiger partial charge in [-0.25, -0.2) is 4.79 Å². The number of para-hydroxylation sites is 2. The van der Waals surface area contributed by atoms with Crippen molar-refractivity contribution in [2.24, 2.45) is 0 Å². The van der Waals surface area contributed by atoms with Crippen LogP contribution in [0, 0.1) is 11.3 Å². The highest BCUT2D eigenvalue weighted by atomic mass is 16.6. The van der Waals surface area contributed by atoms with Gasteiger partial charge in [-0.1, -0.05) is 25.1 Å². The van der Waals surface area contributed by atoms with E-state index in [1.54, 1.807) is 30.3 Å². The fourth-order valence-corrected chi connectivity index (χ4v) is 2.82. The molecule has 3 rings (SSSR count).